The first-order valence-electron chi connectivity index (χ1n) is 4.23. The van der Waals surface area contributed by atoms with Crippen molar-refractivity contribution in [2.75, 3.05) is 11.9 Å². The fourth-order valence-corrected chi connectivity index (χ4v) is 1.15. The summed E-state index contributed by atoms with van der Waals surface area (Å²) in [4.78, 5) is 0. The van der Waals surface area contributed by atoms with E-state index in [9.17, 15) is 0 Å². The van der Waals surface area contributed by atoms with Gasteiger partial charge in [0.2, 0.25) is 0 Å². The lowest BCUT2D eigenvalue weighted by molar-refractivity contribution is 0.580. The fourth-order valence-electron chi connectivity index (χ4n) is 1.15. The SMILES string of the molecule is CCNc1cc(-c2ccco2)[nH]n1. The zero-order valence-corrected chi connectivity index (χ0v) is 7.37. The molecule has 0 unspecified atom stereocenters. The molecule has 0 bridgehead atoms. The fraction of sp³-hybridized carbons (Fsp3) is 0.222. The molecule has 2 aromatic heterocycles. The molecule has 4 nitrogen and oxygen atoms in total. The van der Waals surface area contributed by atoms with Crippen LogP contribution < -0.4 is 5.32 Å². The van der Waals surface area contributed by atoms with Crippen LogP contribution in [0.25, 0.3) is 11.5 Å². The van der Waals surface area contributed by atoms with Crippen molar-refractivity contribution >= 4 is 5.82 Å². The Morgan fingerprint density at radius 1 is 1.62 bits per heavy atom. The Bertz CT molecular complexity index is 364. The zero-order chi connectivity index (χ0) is 9.10. The lowest BCUT2D eigenvalue weighted by atomic mass is 10.3. The molecule has 0 amide bonds. The van der Waals surface area contributed by atoms with Gasteiger partial charge in [-0.25, -0.2) is 0 Å². The largest absolute Gasteiger partial charge is 0.463 e. The van der Waals surface area contributed by atoms with Gasteiger partial charge in [0.15, 0.2) is 5.76 Å². The van der Waals surface area contributed by atoms with Gasteiger partial charge in [-0.1, -0.05) is 0 Å². The smallest absolute Gasteiger partial charge is 0.151 e. The predicted molar refractivity (Wildman–Crippen MR) is 50.5 cm³/mol. The number of H-pyrrole nitrogens is 1. The number of nitrogens with zero attached hydrogens (tertiary/aromatic N) is 1. The highest BCUT2D eigenvalue weighted by Gasteiger charge is 2.03. The van der Waals surface area contributed by atoms with E-state index in [2.05, 4.69) is 15.5 Å². The molecular formula is C9H11N3O. The van der Waals surface area contributed by atoms with E-state index in [0.717, 1.165) is 23.8 Å². The van der Waals surface area contributed by atoms with E-state index >= 15 is 0 Å². The van der Waals surface area contributed by atoms with Gasteiger partial charge in [-0.2, -0.15) is 5.10 Å². The Labute approximate surface area is 76.0 Å². The summed E-state index contributed by atoms with van der Waals surface area (Å²) in [5.74, 6) is 1.64. The Balaban J connectivity index is 2.23. The second-order valence-corrected chi connectivity index (χ2v) is 2.67. The maximum absolute atomic E-state index is 5.21. The lowest BCUT2D eigenvalue weighted by Gasteiger charge is -1.92. The van der Waals surface area contributed by atoms with Gasteiger partial charge in [-0.15, -0.1) is 0 Å². The van der Waals surface area contributed by atoms with Gasteiger partial charge in [0.05, 0.1) is 6.26 Å². The third-order valence-corrected chi connectivity index (χ3v) is 1.72. The summed E-state index contributed by atoms with van der Waals surface area (Å²) >= 11 is 0. The summed E-state index contributed by atoms with van der Waals surface area (Å²) < 4.78 is 5.21. The molecule has 0 fully saturated rings. The van der Waals surface area contributed by atoms with Crippen LogP contribution in [0.1, 0.15) is 6.92 Å². The number of anilines is 1. The van der Waals surface area contributed by atoms with E-state index in [1.54, 1.807) is 6.26 Å². The van der Waals surface area contributed by atoms with Crippen LogP contribution in [0, 0.1) is 0 Å². The molecule has 0 spiro atoms. The van der Waals surface area contributed by atoms with Gasteiger partial charge in [0.1, 0.15) is 11.5 Å². The second kappa shape index (κ2) is 3.35. The molecule has 0 aliphatic rings. The van der Waals surface area contributed by atoms with Crippen LogP contribution in [0.3, 0.4) is 0 Å². The first-order valence-corrected chi connectivity index (χ1v) is 4.23. The van der Waals surface area contributed by atoms with Crippen LogP contribution in [-0.2, 0) is 0 Å². The molecule has 2 N–H and O–H groups in total. The highest BCUT2D eigenvalue weighted by atomic mass is 16.3. The van der Waals surface area contributed by atoms with Gasteiger partial charge < -0.3 is 9.73 Å². The second-order valence-electron chi connectivity index (χ2n) is 2.67. The Morgan fingerprint density at radius 3 is 3.23 bits per heavy atom. The minimum absolute atomic E-state index is 0.802. The average molecular weight is 177 g/mol. The summed E-state index contributed by atoms with van der Waals surface area (Å²) in [7, 11) is 0. The van der Waals surface area contributed by atoms with Gasteiger partial charge in [-0.3, -0.25) is 5.10 Å². The minimum atomic E-state index is 0.802. The van der Waals surface area contributed by atoms with E-state index < -0.39 is 0 Å². The molecule has 0 saturated heterocycles. The molecular weight excluding hydrogens is 166 g/mol. The van der Waals surface area contributed by atoms with Gasteiger partial charge >= 0.3 is 0 Å². The lowest BCUT2D eigenvalue weighted by Crippen LogP contribution is -1.95. The van der Waals surface area contributed by atoms with Crippen LogP contribution in [0.5, 0.6) is 0 Å². The number of aromatic amines is 1. The molecule has 0 aromatic carbocycles. The highest BCUT2D eigenvalue weighted by Crippen LogP contribution is 2.19. The number of hydrogen-bond donors (Lipinski definition) is 2. The summed E-state index contributed by atoms with van der Waals surface area (Å²) in [6, 6.07) is 5.66. The van der Waals surface area contributed by atoms with E-state index in [-0.39, 0.29) is 0 Å². The van der Waals surface area contributed by atoms with Crippen LogP contribution in [0.2, 0.25) is 0 Å². The first-order chi connectivity index (χ1) is 6.40. The topological polar surface area (TPSA) is 53.9 Å². The number of aromatic nitrogens is 2. The van der Waals surface area contributed by atoms with E-state index in [4.69, 9.17) is 4.42 Å². The van der Waals surface area contributed by atoms with Crippen LogP contribution >= 0.6 is 0 Å². The number of rotatable bonds is 3. The number of nitrogens with one attached hydrogen (secondary N) is 2. The molecule has 0 atom stereocenters. The van der Waals surface area contributed by atoms with E-state index in [1.807, 2.05) is 25.1 Å². The van der Waals surface area contributed by atoms with E-state index in [0.29, 0.717) is 0 Å². The van der Waals surface area contributed by atoms with E-state index in [1.165, 1.54) is 0 Å². The zero-order valence-electron chi connectivity index (χ0n) is 7.37. The standard InChI is InChI=1S/C9H11N3O/c1-2-10-9-6-7(11-12-9)8-4-3-5-13-8/h3-6H,2H2,1H3,(H2,10,11,12). The van der Waals surface area contributed by atoms with Crippen molar-refractivity contribution in [3.63, 3.8) is 0 Å². The first kappa shape index (κ1) is 7.91. The average Bonchev–Trinajstić information content (AvgIpc) is 2.70. The van der Waals surface area contributed by atoms with Gasteiger partial charge in [-0.05, 0) is 19.1 Å². The number of hydrogen-bond acceptors (Lipinski definition) is 3. The van der Waals surface area contributed by atoms with Crippen molar-refractivity contribution in [2.45, 2.75) is 6.92 Å². The monoisotopic (exact) mass is 177 g/mol. The summed E-state index contributed by atoms with van der Waals surface area (Å²) in [5, 5.41) is 10.1. The molecule has 0 saturated carbocycles. The Kier molecular flexibility index (Phi) is 2.04. The Morgan fingerprint density at radius 2 is 2.54 bits per heavy atom. The van der Waals surface area contributed by atoms with Crippen molar-refractivity contribution in [3.05, 3.63) is 24.5 Å². The number of furan rings is 1. The molecule has 13 heavy (non-hydrogen) atoms. The van der Waals surface area contributed by atoms with Crippen molar-refractivity contribution < 1.29 is 4.42 Å². The van der Waals surface area contributed by atoms with Gasteiger partial charge in [0, 0.05) is 12.6 Å². The maximum Gasteiger partial charge on any atom is 0.151 e. The molecule has 2 heterocycles. The highest BCUT2D eigenvalue weighted by molar-refractivity contribution is 5.56. The molecule has 2 aromatic rings. The molecule has 0 radical (unpaired) electrons. The molecule has 2 rings (SSSR count). The van der Waals surface area contributed by atoms with Crippen LogP contribution in [-0.4, -0.2) is 16.7 Å². The normalized spacial score (nSPS) is 10.2. The molecule has 68 valence electrons. The van der Waals surface area contributed by atoms with Crippen molar-refractivity contribution in [3.8, 4) is 11.5 Å². The molecule has 4 heteroatoms. The van der Waals surface area contributed by atoms with Crippen LogP contribution in [0.4, 0.5) is 5.82 Å². The third kappa shape index (κ3) is 1.56. The Hall–Kier alpha value is -1.71. The van der Waals surface area contributed by atoms with Crippen molar-refractivity contribution in [1.29, 1.82) is 0 Å². The van der Waals surface area contributed by atoms with Crippen molar-refractivity contribution in [2.24, 2.45) is 0 Å². The molecule has 0 aliphatic carbocycles. The maximum atomic E-state index is 5.21. The molecule has 0 aliphatic heterocycles. The third-order valence-electron chi connectivity index (χ3n) is 1.72. The van der Waals surface area contributed by atoms with Crippen LogP contribution in [0.15, 0.2) is 28.9 Å². The summed E-state index contributed by atoms with van der Waals surface area (Å²) in [6.45, 7) is 2.89. The quantitative estimate of drug-likeness (QED) is 0.754. The van der Waals surface area contributed by atoms with Crippen molar-refractivity contribution in [1.82, 2.24) is 10.2 Å². The van der Waals surface area contributed by atoms with Gasteiger partial charge in [0.25, 0.3) is 0 Å². The summed E-state index contributed by atoms with van der Waals surface area (Å²) in [6.07, 6.45) is 1.64. The summed E-state index contributed by atoms with van der Waals surface area (Å²) in [5.41, 5.74) is 0.890. The minimum Gasteiger partial charge on any atom is -0.463 e. The predicted octanol–water partition coefficient (Wildman–Crippen LogP) is 2.10.